The third-order valence-corrected chi connectivity index (χ3v) is 11.0. The topological polar surface area (TPSA) is 3.24 Å². The first-order valence-corrected chi connectivity index (χ1v) is 17.8. The Kier molecular flexibility index (Phi) is 6.85. The largest absolute Gasteiger partial charge is 0.310 e. The van der Waals surface area contributed by atoms with Gasteiger partial charge in [0.05, 0.1) is 5.41 Å². The van der Waals surface area contributed by atoms with Crippen molar-refractivity contribution in [3.8, 4) is 33.4 Å². The molecule has 0 aliphatic heterocycles. The molecule has 0 radical (unpaired) electrons. The molecular formula is C50H35N. The third-order valence-electron chi connectivity index (χ3n) is 11.0. The summed E-state index contributed by atoms with van der Waals surface area (Å²) >= 11 is 0. The second-order valence-corrected chi connectivity index (χ2v) is 13.6. The molecule has 3 aliphatic carbocycles. The van der Waals surface area contributed by atoms with Crippen LogP contribution >= 0.6 is 0 Å². The molecule has 0 saturated carbocycles. The van der Waals surface area contributed by atoms with Crippen molar-refractivity contribution >= 4 is 22.6 Å². The zero-order valence-corrected chi connectivity index (χ0v) is 28.2. The van der Waals surface area contributed by atoms with E-state index in [1.807, 2.05) is 0 Å². The maximum atomic E-state index is 2.47. The van der Waals surface area contributed by atoms with Crippen LogP contribution in [-0.2, 0) is 5.41 Å². The molecule has 0 fully saturated rings. The van der Waals surface area contributed by atoms with Crippen LogP contribution in [0.2, 0.25) is 0 Å². The lowest BCUT2D eigenvalue weighted by atomic mass is 9.70. The Balaban J connectivity index is 1.17. The molecule has 0 saturated heterocycles. The molecule has 10 rings (SSSR count). The Morgan fingerprint density at radius 1 is 0.373 bits per heavy atom. The standard InChI is InChI=1S/C50H35N/c1-2-5-15-35(14-4-1)37-24-28-39(29-25-37)51(40-30-26-38(27-31-40)36-16-6-3-7-17-36)41-32-33-45-44-20-10-13-23-48(44)50(49(45)34-41)46-21-11-8-18-42(46)43-19-9-12-22-47(43)50/h1-14,16-34H,15H2. The van der Waals surface area contributed by atoms with Crippen LogP contribution in [0.5, 0.6) is 0 Å². The average Bonchev–Trinajstić information content (AvgIpc) is 3.48. The number of hydrogen-bond donors (Lipinski definition) is 0. The fourth-order valence-electron chi connectivity index (χ4n) is 8.72. The quantitative estimate of drug-likeness (QED) is 0.179. The minimum atomic E-state index is -0.394. The van der Waals surface area contributed by atoms with Crippen LogP contribution in [0.3, 0.4) is 0 Å². The highest BCUT2D eigenvalue weighted by Gasteiger charge is 2.51. The van der Waals surface area contributed by atoms with Gasteiger partial charge in [-0.2, -0.15) is 0 Å². The summed E-state index contributed by atoms with van der Waals surface area (Å²) in [5.74, 6) is 0. The van der Waals surface area contributed by atoms with Gasteiger partial charge in [-0.15, -0.1) is 0 Å². The van der Waals surface area contributed by atoms with Gasteiger partial charge in [0.1, 0.15) is 0 Å². The smallest absolute Gasteiger partial charge is 0.0726 e. The third kappa shape index (κ3) is 4.55. The predicted molar refractivity (Wildman–Crippen MR) is 214 cm³/mol. The van der Waals surface area contributed by atoms with E-state index in [1.54, 1.807) is 0 Å². The van der Waals surface area contributed by atoms with E-state index < -0.39 is 5.41 Å². The second-order valence-electron chi connectivity index (χ2n) is 13.6. The van der Waals surface area contributed by atoms with Crippen molar-refractivity contribution in [1.29, 1.82) is 0 Å². The summed E-state index contributed by atoms with van der Waals surface area (Å²) in [5, 5.41) is 0. The van der Waals surface area contributed by atoms with Crippen LogP contribution in [0.4, 0.5) is 17.1 Å². The lowest BCUT2D eigenvalue weighted by Gasteiger charge is -2.32. The molecule has 0 heterocycles. The molecule has 240 valence electrons. The van der Waals surface area contributed by atoms with Crippen molar-refractivity contribution in [1.82, 2.24) is 0 Å². The van der Waals surface area contributed by atoms with Gasteiger partial charge in [-0.1, -0.05) is 164 Å². The van der Waals surface area contributed by atoms with E-state index in [2.05, 4.69) is 205 Å². The van der Waals surface area contributed by atoms with Gasteiger partial charge in [0.15, 0.2) is 0 Å². The lowest BCUT2D eigenvalue weighted by molar-refractivity contribution is 0.793. The van der Waals surface area contributed by atoms with Gasteiger partial charge in [-0.05, 0) is 110 Å². The van der Waals surface area contributed by atoms with Gasteiger partial charge >= 0.3 is 0 Å². The molecule has 1 heteroatoms. The SMILES string of the molecule is C1=CC=C(c2ccc(N(c3ccc(-c4ccccc4)cc3)c3ccc4c(c3)C3(c5ccccc5-c5ccccc53)c3ccccc3-4)cc2)CC=C1. The minimum absolute atomic E-state index is 0.394. The normalized spacial score (nSPS) is 14.3. The maximum Gasteiger partial charge on any atom is 0.0726 e. The zero-order valence-electron chi connectivity index (χ0n) is 28.2. The van der Waals surface area contributed by atoms with Gasteiger partial charge in [0.2, 0.25) is 0 Å². The minimum Gasteiger partial charge on any atom is -0.310 e. The van der Waals surface area contributed by atoms with Crippen molar-refractivity contribution in [2.75, 3.05) is 4.90 Å². The Bertz CT molecular complexity index is 2470. The number of allylic oxidation sites excluding steroid dienone is 6. The molecule has 51 heavy (non-hydrogen) atoms. The fourth-order valence-corrected chi connectivity index (χ4v) is 8.72. The first-order valence-electron chi connectivity index (χ1n) is 17.8. The number of anilines is 3. The van der Waals surface area contributed by atoms with Crippen LogP contribution in [0, 0.1) is 0 Å². The van der Waals surface area contributed by atoms with Crippen LogP contribution in [0.25, 0.3) is 39.0 Å². The van der Waals surface area contributed by atoms with Crippen molar-refractivity contribution < 1.29 is 0 Å². The van der Waals surface area contributed by atoms with Crippen LogP contribution in [0.15, 0.2) is 200 Å². The summed E-state index contributed by atoms with van der Waals surface area (Å²) in [5.41, 5.74) is 18.7. The number of nitrogens with zero attached hydrogens (tertiary/aromatic N) is 1. The summed E-state index contributed by atoms with van der Waals surface area (Å²) in [6.07, 6.45) is 11.7. The van der Waals surface area contributed by atoms with Crippen molar-refractivity contribution in [3.05, 3.63) is 228 Å². The summed E-state index contributed by atoms with van der Waals surface area (Å²) in [6, 6.07) is 62.9. The molecule has 3 aliphatic rings. The molecule has 1 nitrogen and oxygen atoms in total. The summed E-state index contributed by atoms with van der Waals surface area (Å²) in [4.78, 5) is 2.42. The Morgan fingerprint density at radius 2 is 0.863 bits per heavy atom. The highest BCUT2D eigenvalue weighted by molar-refractivity contribution is 5.96. The van der Waals surface area contributed by atoms with E-state index in [1.165, 1.54) is 66.8 Å². The first kappa shape index (κ1) is 29.5. The summed E-state index contributed by atoms with van der Waals surface area (Å²) < 4.78 is 0. The monoisotopic (exact) mass is 649 g/mol. The molecular weight excluding hydrogens is 615 g/mol. The number of hydrogen-bond acceptors (Lipinski definition) is 1. The Morgan fingerprint density at radius 3 is 1.47 bits per heavy atom. The highest BCUT2D eigenvalue weighted by atomic mass is 15.1. The fraction of sp³-hybridized carbons (Fsp3) is 0.0400. The maximum absolute atomic E-state index is 2.47. The van der Waals surface area contributed by atoms with Gasteiger partial charge in [0, 0.05) is 17.1 Å². The Labute approximate surface area is 299 Å². The molecule has 0 bridgehead atoms. The predicted octanol–water partition coefficient (Wildman–Crippen LogP) is 13.1. The van der Waals surface area contributed by atoms with Crippen molar-refractivity contribution in [2.45, 2.75) is 11.8 Å². The Hall–Kier alpha value is -6.44. The molecule has 0 aromatic heterocycles. The highest BCUT2D eigenvalue weighted by Crippen LogP contribution is 2.63. The molecule has 1 spiro atoms. The van der Waals surface area contributed by atoms with E-state index in [0.29, 0.717) is 0 Å². The van der Waals surface area contributed by atoms with Crippen molar-refractivity contribution in [3.63, 3.8) is 0 Å². The average molecular weight is 650 g/mol. The van der Waals surface area contributed by atoms with Crippen LogP contribution in [-0.4, -0.2) is 0 Å². The molecule has 0 amide bonds. The molecule has 0 atom stereocenters. The van der Waals surface area contributed by atoms with Gasteiger partial charge in [-0.25, -0.2) is 0 Å². The van der Waals surface area contributed by atoms with Gasteiger partial charge in [0.25, 0.3) is 0 Å². The van der Waals surface area contributed by atoms with E-state index >= 15 is 0 Å². The molecule has 0 unspecified atom stereocenters. The number of rotatable bonds is 5. The molecule has 7 aromatic rings. The molecule has 7 aromatic carbocycles. The number of fused-ring (bicyclic) bond motifs is 10. The number of benzene rings is 7. The summed E-state index contributed by atoms with van der Waals surface area (Å²) in [7, 11) is 0. The van der Waals surface area contributed by atoms with Gasteiger partial charge < -0.3 is 4.90 Å². The lowest BCUT2D eigenvalue weighted by Crippen LogP contribution is -2.26. The van der Waals surface area contributed by atoms with Gasteiger partial charge in [-0.3, -0.25) is 0 Å². The van der Waals surface area contributed by atoms with Crippen LogP contribution < -0.4 is 4.90 Å². The molecule has 0 N–H and O–H groups in total. The first-order chi connectivity index (χ1) is 25.3. The van der Waals surface area contributed by atoms with Crippen molar-refractivity contribution in [2.24, 2.45) is 0 Å². The van der Waals surface area contributed by atoms with E-state index in [0.717, 1.165) is 23.5 Å². The van der Waals surface area contributed by atoms with E-state index in [4.69, 9.17) is 0 Å². The van der Waals surface area contributed by atoms with Crippen LogP contribution in [0.1, 0.15) is 34.2 Å². The van der Waals surface area contributed by atoms with E-state index in [9.17, 15) is 0 Å². The zero-order chi connectivity index (χ0) is 33.8. The summed E-state index contributed by atoms with van der Waals surface area (Å²) in [6.45, 7) is 0. The van der Waals surface area contributed by atoms with E-state index in [-0.39, 0.29) is 0 Å². The second kappa shape index (κ2) is 11.9.